The van der Waals surface area contributed by atoms with Crippen LogP contribution in [-0.2, 0) is 27.3 Å². The van der Waals surface area contributed by atoms with Gasteiger partial charge in [-0.2, -0.15) is 0 Å². The van der Waals surface area contributed by atoms with E-state index in [1.807, 2.05) is 18.2 Å². The van der Waals surface area contributed by atoms with Gasteiger partial charge in [0.2, 0.25) is 0 Å². The summed E-state index contributed by atoms with van der Waals surface area (Å²) in [6, 6.07) is 14.6. The minimum absolute atomic E-state index is 0.155. The van der Waals surface area contributed by atoms with Crippen LogP contribution in [0.1, 0.15) is 35.6 Å². The highest BCUT2D eigenvalue weighted by Crippen LogP contribution is 2.29. The Morgan fingerprint density at radius 2 is 1.97 bits per heavy atom. The Morgan fingerprint density at radius 3 is 2.76 bits per heavy atom. The van der Waals surface area contributed by atoms with Crippen LogP contribution in [0.15, 0.2) is 48.5 Å². The molecule has 29 heavy (non-hydrogen) atoms. The Balaban J connectivity index is 1.60. The minimum atomic E-state index is -1.07. The van der Waals surface area contributed by atoms with Crippen LogP contribution in [0.3, 0.4) is 0 Å². The number of ether oxygens (including phenoxy) is 1. The molecule has 0 fully saturated rings. The largest absolute Gasteiger partial charge is 0.482 e. The molecule has 2 N–H and O–H groups in total. The monoisotopic (exact) mass is 396 g/mol. The Labute approximate surface area is 169 Å². The van der Waals surface area contributed by atoms with E-state index in [2.05, 4.69) is 11.4 Å². The number of carboxylic acid groups (broad SMARTS) is 1. The lowest BCUT2D eigenvalue weighted by Crippen LogP contribution is -2.42. The molecule has 0 radical (unpaired) electrons. The fraction of sp³-hybridized carbons (Fsp3) is 0.318. The summed E-state index contributed by atoms with van der Waals surface area (Å²) in [4.78, 5) is 37.0. The molecule has 1 aliphatic rings. The van der Waals surface area contributed by atoms with Crippen molar-refractivity contribution < 1.29 is 24.2 Å². The number of amides is 2. The van der Waals surface area contributed by atoms with Gasteiger partial charge in [-0.05, 0) is 48.1 Å². The van der Waals surface area contributed by atoms with Crippen LogP contribution in [0.5, 0.6) is 5.75 Å². The van der Waals surface area contributed by atoms with Gasteiger partial charge in [-0.25, -0.2) is 4.79 Å². The van der Waals surface area contributed by atoms with Crippen LogP contribution in [-0.4, -0.2) is 41.4 Å². The van der Waals surface area contributed by atoms with E-state index in [0.29, 0.717) is 5.75 Å². The van der Waals surface area contributed by atoms with Gasteiger partial charge >= 0.3 is 17.8 Å². The van der Waals surface area contributed by atoms with E-state index in [1.54, 1.807) is 31.3 Å². The topological polar surface area (TPSA) is 95.9 Å². The van der Waals surface area contributed by atoms with Crippen molar-refractivity contribution in [1.82, 2.24) is 10.2 Å². The van der Waals surface area contributed by atoms with Gasteiger partial charge < -0.3 is 20.1 Å². The first kappa shape index (κ1) is 20.4. The van der Waals surface area contributed by atoms with E-state index >= 15 is 0 Å². The van der Waals surface area contributed by atoms with E-state index in [9.17, 15) is 14.4 Å². The summed E-state index contributed by atoms with van der Waals surface area (Å²) in [5.41, 5.74) is 3.02. The Morgan fingerprint density at radius 1 is 1.17 bits per heavy atom. The number of carbonyl (C=O) groups excluding carboxylic acids is 2. The molecule has 0 aromatic heterocycles. The van der Waals surface area contributed by atoms with Crippen molar-refractivity contribution in [1.29, 1.82) is 0 Å². The quantitative estimate of drug-likeness (QED) is 0.731. The molecule has 1 atom stereocenters. The van der Waals surface area contributed by atoms with Crippen molar-refractivity contribution in [3.8, 4) is 5.75 Å². The lowest BCUT2D eigenvalue weighted by molar-refractivity contribution is -0.145. The second-order valence-electron chi connectivity index (χ2n) is 7.11. The molecule has 152 valence electrons. The lowest BCUT2D eigenvalue weighted by atomic mass is 9.88. The van der Waals surface area contributed by atoms with Crippen LogP contribution in [0.2, 0.25) is 0 Å². The maximum Gasteiger partial charge on any atom is 0.341 e. The average molecular weight is 396 g/mol. The average Bonchev–Trinajstić information content (AvgIpc) is 2.72. The van der Waals surface area contributed by atoms with Crippen molar-refractivity contribution in [3.63, 3.8) is 0 Å². The number of aliphatic carboxylic acids is 1. The second kappa shape index (κ2) is 9.23. The number of carboxylic acids is 1. The maximum atomic E-state index is 12.5. The van der Waals surface area contributed by atoms with Crippen LogP contribution in [0.4, 0.5) is 0 Å². The van der Waals surface area contributed by atoms with Crippen LogP contribution >= 0.6 is 0 Å². The van der Waals surface area contributed by atoms with Crippen LogP contribution in [0, 0.1) is 0 Å². The minimum Gasteiger partial charge on any atom is -0.482 e. The molecular weight excluding hydrogens is 372 g/mol. The summed E-state index contributed by atoms with van der Waals surface area (Å²) < 4.78 is 5.15. The summed E-state index contributed by atoms with van der Waals surface area (Å²) in [6.45, 7) is -0.235. The number of aryl methyl sites for hydroxylation is 1. The van der Waals surface area contributed by atoms with Gasteiger partial charge in [0.15, 0.2) is 6.61 Å². The number of nitrogens with one attached hydrogen (secondary N) is 1. The highest BCUT2D eigenvalue weighted by atomic mass is 16.5. The first-order valence-corrected chi connectivity index (χ1v) is 9.51. The van der Waals surface area contributed by atoms with Crippen molar-refractivity contribution in [3.05, 3.63) is 65.2 Å². The first-order valence-electron chi connectivity index (χ1n) is 9.51. The van der Waals surface area contributed by atoms with Crippen molar-refractivity contribution in [2.24, 2.45) is 0 Å². The predicted molar refractivity (Wildman–Crippen MR) is 106 cm³/mol. The van der Waals surface area contributed by atoms with Gasteiger partial charge in [-0.1, -0.05) is 36.4 Å². The Kier molecular flexibility index (Phi) is 6.49. The molecule has 2 amide bonds. The third kappa shape index (κ3) is 5.34. The molecule has 2 aromatic carbocycles. The van der Waals surface area contributed by atoms with Crippen molar-refractivity contribution >= 4 is 17.8 Å². The van der Waals surface area contributed by atoms with Gasteiger partial charge in [-0.15, -0.1) is 0 Å². The third-order valence-corrected chi connectivity index (χ3v) is 4.90. The molecule has 1 aliphatic carbocycles. The van der Waals surface area contributed by atoms with Crippen molar-refractivity contribution in [2.45, 2.75) is 31.8 Å². The zero-order valence-electron chi connectivity index (χ0n) is 16.3. The second-order valence-corrected chi connectivity index (χ2v) is 7.11. The maximum absolute atomic E-state index is 12.5. The summed E-state index contributed by atoms with van der Waals surface area (Å²) in [7, 11) is 1.56. The molecule has 0 aliphatic heterocycles. The highest BCUT2D eigenvalue weighted by Gasteiger charge is 2.26. The number of rotatable bonds is 6. The van der Waals surface area contributed by atoms with Gasteiger partial charge in [0.05, 0.1) is 6.04 Å². The van der Waals surface area contributed by atoms with Crippen LogP contribution in [0.25, 0.3) is 0 Å². The Hall–Kier alpha value is -3.35. The molecule has 2 aromatic rings. The molecule has 0 bridgehead atoms. The Bertz CT molecular complexity index is 912. The summed E-state index contributed by atoms with van der Waals surface area (Å²) in [6.07, 6.45) is 2.76. The normalized spacial score (nSPS) is 15.1. The van der Waals surface area contributed by atoms with Crippen molar-refractivity contribution in [2.75, 3.05) is 13.7 Å². The summed E-state index contributed by atoms with van der Waals surface area (Å²) >= 11 is 0. The fourth-order valence-electron chi connectivity index (χ4n) is 3.52. The zero-order valence-corrected chi connectivity index (χ0v) is 16.3. The zero-order chi connectivity index (χ0) is 20.8. The molecule has 0 saturated carbocycles. The number of fused-ring (bicyclic) bond motifs is 1. The molecule has 0 saturated heterocycles. The molecule has 0 unspecified atom stereocenters. The number of benzene rings is 2. The summed E-state index contributed by atoms with van der Waals surface area (Å²) in [5, 5.41) is 11.6. The number of carbonyl (C=O) groups is 3. The standard InChI is InChI=1S/C22H24N2O5/c1-24(13-15-6-4-9-17(12-15)29-14-20(25)26)22(28)21(27)23-19-11-5-8-16-7-2-3-10-18(16)19/h2-4,6-7,9-10,12,19H,5,8,11,13-14H2,1H3,(H,23,27)(H,25,26)/t19-/m0/s1. The molecule has 3 rings (SSSR count). The van der Waals surface area contributed by atoms with Crippen LogP contribution < -0.4 is 10.1 Å². The lowest BCUT2D eigenvalue weighted by Gasteiger charge is -2.27. The predicted octanol–water partition coefficient (Wildman–Crippen LogP) is 2.30. The molecule has 7 nitrogen and oxygen atoms in total. The van der Waals surface area contributed by atoms with Gasteiger partial charge in [0.1, 0.15) is 5.75 Å². The number of hydrogen-bond donors (Lipinski definition) is 2. The molecule has 7 heteroatoms. The summed E-state index contributed by atoms with van der Waals surface area (Å²) in [5.74, 6) is -1.92. The van der Waals surface area contributed by atoms with E-state index in [-0.39, 0.29) is 12.6 Å². The fourth-order valence-corrected chi connectivity index (χ4v) is 3.52. The van der Waals surface area contributed by atoms with E-state index in [1.165, 1.54) is 10.5 Å². The SMILES string of the molecule is CN(Cc1cccc(OCC(=O)O)c1)C(=O)C(=O)N[C@H]1CCCc2ccccc21. The highest BCUT2D eigenvalue weighted by molar-refractivity contribution is 6.35. The molecule has 0 heterocycles. The van der Waals surface area contributed by atoms with E-state index in [4.69, 9.17) is 9.84 Å². The smallest absolute Gasteiger partial charge is 0.341 e. The van der Waals surface area contributed by atoms with Gasteiger partial charge in [-0.3, -0.25) is 9.59 Å². The molecule has 0 spiro atoms. The number of likely N-dealkylation sites (N-methyl/N-ethyl adjacent to an activating group) is 1. The van der Waals surface area contributed by atoms with Gasteiger partial charge in [0, 0.05) is 13.6 Å². The van der Waals surface area contributed by atoms with E-state index in [0.717, 1.165) is 30.4 Å². The van der Waals surface area contributed by atoms with Gasteiger partial charge in [0.25, 0.3) is 0 Å². The first-order chi connectivity index (χ1) is 13.9. The van der Waals surface area contributed by atoms with E-state index < -0.39 is 24.4 Å². The third-order valence-electron chi connectivity index (χ3n) is 4.90. The molecular formula is C22H24N2O5. The number of nitrogens with zero attached hydrogens (tertiary/aromatic N) is 1. The number of hydrogen-bond acceptors (Lipinski definition) is 4.